The fourth-order valence-corrected chi connectivity index (χ4v) is 4.25. The van der Waals surface area contributed by atoms with Gasteiger partial charge < -0.3 is 28.6 Å². The number of hydrogen-bond donors (Lipinski definition) is 1. The zero-order valence-corrected chi connectivity index (χ0v) is 27.1. The number of aromatic nitrogens is 2. The fraction of sp³-hybridized carbons (Fsp3) is 0.471. The van der Waals surface area contributed by atoms with Crippen LogP contribution in [0, 0.1) is 5.41 Å². The highest BCUT2D eigenvalue weighted by Gasteiger charge is 2.33. The first-order valence-corrected chi connectivity index (χ1v) is 14.6. The number of esters is 3. The van der Waals surface area contributed by atoms with Gasteiger partial charge in [0, 0.05) is 13.2 Å². The summed E-state index contributed by atoms with van der Waals surface area (Å²) in [5.74, 6) is -1.32. The Bertz CT molecular complexity index is 1470. The van der Waals surface area contributed by atoms with Gasteiger partial charge in [-0.15, -0.1) is 0 Å². The molecule has 238 valence electrons. The van der Waals surface area contributed by atoms with Crippen LogP contribution in [0.2, 0.25) is 0 Å². The van der Waals surface area contributed by atoms with E-state index in [4.69, 9.17) is 18.9 Å². The Morgan fingerprint density at radius 2 is 1.50 bits per heavy atom. The van der Waals surface area contributed by atoms with Crippen molar-refractivity contribution >= 4 is 17.9 Å². The molecule has 0 unspecified atom stereocenters. The molecule has 0 aliphatic heterocycles. The molecule has 0 saturated carbocycles. The average Bonchev–Trinajstić information content (AvgIpc) is 3.29. The van der Waals surface area contributed by atoms with Gasteiger partial charge in [-0.25, -0.2) is 14.6 Å². The summed E-state index contributed by atoms with van der Waals surface area (Å²) in [5.41, 5.74) is 0.0617. The Morgan fingerprint density at radius 3 is 2.07 bits per heavy atom. The third-order valence-electron chi connectivity index (χ3n) is 6.40. The molecule has 3 aromatic rings. The van der Waals surface area contributed by atoms with Crippen LogP contribution in [0.4, 0.5) is 0 Å². The number of carbonyl (C=O) groups excluding carboxylic acids is 3. The molecular formula is C34H44N2O8. The number of carbonyl (C=O) groups is 3. The van der Waals surface area contributed by atoms with Gasteiger partial charge in [0.2, 0.25) is 6.79 Å². The van der Waals surface area contributed by atoms with Crippen LogP contribution in [0.25, 0.3) is 11.1 Å². The Balaban J connectivity index is 1.97. The molecule has 0 saturated heterocycles. The molecule has 44 heavy (non-hydrogen) atoms. The first-order valence-electron chi connectivity index (χ1n) is 14.6. The minimum atomic E-state index is -1.49. The standard InChI is InChI=1S/C34H44N2O8/c1-10-41-20-26-35-28(34(8,9)40)27(30(38)42-21-43-31(39)32(2,3)4)36(26)19-22-15-17-23(18-16-22)24-13-11-12-14-25(24)29(37)44-33(5,6)7/h11-18,40H,10,19-21H2,1-9H3. The largest absolute Gasteiger partial charge is 0.456 e. The van der Waals surface area contributed by atoms with Crippen LogP contribution in [0.5, 0.6) is 0 Å². The predicted octanol–water partition coefficient (Wildman–Crippen LogP) is 6.02. The topological polar surface area (TPSA) is 126 Å². The first kappa shape index (κ1) is 34.5. The van der Waals surface area contributed by atoms with E-state index in [9.17, 15) is 19.5 Å². The van der Waals surface area contributed by atoms with Gasteiger partial charge in [-0.05, 0) is 85.1 Å². The van der Waals surface area contributed by atoms with E-state index >= 15 is 0 Å². The SMILES string of the molecule is CCOCc1nc(C(C)(C)O)c(C(=O)OCOC(=O)C(C)(C)C)n1Cc1ccc(-c2ccccc2C(=O)OC(C)(C)C)cc1. The lowest BCUT2D eigenvalue weighted by molar-refractivity contribution is -0.161. The number of benzene rings is 2. The molecule has 10 nitrogen and oxygen atoms in total. The van der Waals surface area contributed by atoms with Gasteiger partial charge in [0.15, 0.2) is 5.69 Å². The van der Waals surface area contributed by atoms with Gasteiger partial charge in [0.05, 0.1) is 11.0 Å². The highest BCUT2D eigenvalue weighted by molar-refractivity contribution is 5.97. The molecule has 1 heterocycles. The number of aliphatic hydroxyl groups is 1. The van der Waals surface area contributed by atoms with Gasteiger partial charge in [-0.3, -0.25) is 4.79 Å². The average molecular weight is 609 g/mol. The third-order valence-corrected chi connectivity index (χ3v) is 6.40. The summed E-state index contributed by atoms with van der Waals surface area (Å²) in [6.45, 7) is 15.6. The molecule has 0 radical (unpaired) electrons. The molecule has 0 atom stereocenters. The van der Waals surface area contributed by atoms with Crippen molar-refractivity contribution in [2.24, 2.45) is 5.41 Å². The zero-order valence-electron chi connectivity index (χ0n) is 27.1. The van der Waals surface area contributed by atoms with E-state index < -0.39 is 41.3 Å². The van der Waals surface area contributed by atoms with Crippen LogP contribution in [0.15, 0.2) is 48.5 Å². The molecule has 0 aliphatic rings. The van der Waals surface area contributed by atoms with Crippen LogP contribution in [0.3, 0.4) is 0 Å². The summed E-state index contributed by atoms with van der Waals surface area (Å²) in [7, 11) is 0. The molecule has 1 aromatic heterocycles. The lowest BCUT2D eigenvalue weighted by Crippen LogP contribution is -2.27. The monoisotopic (exact) mass is 608 g/mol. The quantitative estimate of drug-likeness (QED) is 0.205. The molecule has 0 fully saturated rings. The zero-order chi connectivity index (χ0) is 32.9. The van der Waals surface area contributed by atoms with Crippen molar-refractivity contribution in [1.82, 2.24) is 9.55 Å². The minimum absolute atomic E-state index is 0.0263. The van der Waals surface area contributed by atoms with Gasteiger partial charge >= 0.3 is 17.9 Å². The number of ether oxygens (including phenoxy) is 4. The Hall–Kier alpha value is -4.02. The molecule has 0 aliphatic carbocycles. The van der Waals surface area contributed by atoms with E-state index in [0.717, 1.165) is 16.7 Å². The lowest BCUT2D eigenvalue weighted by Gasteiger charge is -2.20. The van der Waals surface area contributed by atoms with Crippen molar-refractivity contribution in [3.63, 3.8) is 0 Å². The summed E-state index contributed by atoms with van der Waals surface area (Å²) in [6.07, 6.45) is 0. The second-order valence-electron chi connectivity index (χ2n) is 13.0. The van der Waals surface area contributed by atoms with E-state index in [-0.39, 0.29) is 24.5 Å². The molecular weight excluding hydrogens is 564 g/mol. The molecule has 10 heteroatoms. The van der Waals surface area contributed by atoms with Crippen LogP contribution >= 0.6 is 0 Å². The molecule has 1 N–H and O–H groups in total. The van der Waals surface area contributed by atoms with Gasteiger partial charge in [0.1, 0.15) is 29.3 Å². The highest BCUT2D eigenvalue weighted by atomic mass is 16.7. The maximum Gasteiger partial charge on any atom is 0.359 e. The number of imidazole rings is 1. The van der Waals surface area contributed by atoms with Crippen molar-refractivity contribution in [2.75, 3.05) is 13.4 Å². The van der Waals surface area contributed by atoms with Crippen LogP contribution < -0.4 is 0 Å². The van der Waals surface area contributed by atoms with E-state index in [1.807, 2.05) is 64.1 Å². The first-order chi connectivity index (χ1) is 20.4. The molecule has 2 aromatic carbocycles. The lowest BCUT2D eigenvalue weighted by atomic mass is 9.98. The number of rotatable bonds is 11. The minimum Gasteiger partial charge on any atom is -0.456 e. The Labute approximate surface area is 259 Å². The number of nitrogens with zero attached hydrogens (tertiary/aromatic N) is 2. The van der Waals surface area contributed by atoms with E-state index in [1.54, 1.807) is 37.5 Å². The molecule has 0 bridgehead atoms. The molecule has 0 amide bonds. The summed E-state index contributed by atoms with van der Waals surface area (Å²) >= 11 is 0. The number of hydrogen-bond acceptors (Lipinski definition) is 9. The third kappa shape index (κ3) is 9.00. The van der Waals surface area contributed by atoms with Crippen molar-refractivity contribution in [1.29, 1.82) is 0 Å². The van der Waals surface area contributed by atoms with Crippen molar-refractivity contribution in [2.45, 2.75) is 86.7 Å². The van der Waals surface area contributed by atoms with Crippen molar-refractivity contribution in [3.05, 3.63) is 76.9 Å². The molecule has 0 spiro atoms. The smallest absolute Gasteiger partial charge is 0.359 e. The second-order valence-corrected chi connectivity index (χ2v) is 13.0. The van der Waals surface area contributed by atoms with Crippen LogP contribution in [0.1, 0.15) is 100 Å². The van der Waals surface area contributed by atoms with Crippen LogP contribution in [-0.4, -0.2) is 51.6 Å². The highest BCUT2D eigenvalue weighted by Crippen LogP contribution is 2.29. The summed E-state index contributed by atoms with van der Waals surface area (Å²) in [5, 5.41) is 10.9. The van der Waals surface area contributed by atoms with Crippen molar-refractivity contribution in [3.8, 4) is 11.1 Å². The van der Waals surface area contributed by atoms with E-state index in [2.05, 4.69) is 4.98 Å². The Kier molecular flexibility index (Phi) is 10.8. The predicted molar refractivity (Wildman–Crippen MR) is 165 cm³/mol. The van der Waals surface area contributed by atoms with Gasteiger partial charge in [-0.2, -0.15) is 0 Å². The Morgan fingerprint density at radius 1 is 0.864 bits per heavy atom. The van der Waals surface area contributed by atoms with E-state index in [1.165, 1.54) is 13.8 Å². The maximum absolute atomic E-state index is 13.4. The summed E-state index contributed by atoms with van der Waals surface area (Å²) < 4.78 is 23.3. The van der Waals surface area contributed by atoms with Crippen LogP contribution in [-0.2, 0) is 42.5 Å². The fourth-order valence-electron chi connectivity index (χ4n) is 4.25. The summed E-state index contributed by atoms with van der Waals surface area (Å²) in [6, 6.07) is 14.8. The maximum atomic E-state index is 13.4. The van der Waals surface area contributed by atoms with Gasteiger partial charge in [-0.1, -0.05) is 42.5 Å². The van der Waals surface area contributed by atoms with Crippen molar-refractivity contribution < 1.29 is 38.4 Å². The molecule has 3 rings (SSSR count). The van der Waals surface area contributed by atoms with E-state index in [0.29, 0.717) is 18.0 Å². The second kappa shape index (κ2) is 13.7. The normalized spacial score (nSPS) is 12.1. The summed E-state index contributed by atoms with van der Waals surface area (Å²) in [4.78, 5) is 43.1. The van der Waals surface area contributed by atoms with Gasteiger partial charge in [0.25, 0.3) is 0 Å².